The van der Waals surface area contributed by atoms with Crippen LogP contribution in [0.5, 0.6) is 0 Å². The molecule has 4 nitrogen and oxygen atoms in total. The Labute approximate surface area is 144 Å². The van der Waals surface area contributed by atoms with Crippen molar-refractivity contribution in [3.63, 3.8) is 0 Å². The van der Waals surface area contributed by atoms with Gasteiger partial charge in [0.1, 0.15) is 16.1 Å². The summed E-state index contributed by atoms with van der Waals surface area (Å²) in [5.74, 6) is 0.659. The molecule has 0 saturated heterocycles. The van der Waals surface area contributed by atoms with Gasteiger partial charge in [-0.3, -0.25) is 0 Å². The molecule has 0 amide bonds. The smallest absolute Gasteiger partial charge is 0.152 e. The van der Waals surface area contributed by atoms with Crippen LogP contribution in [-0.4, -0.2) is 32.1 Å². The Balaban J connectivity index is 1.89. The quantitative estimate of drug-likeness (QED) is 0.590. The normalized spacial score (nSPS) is 13.8. The average molecular weight is 337 g/mol. The summed E-state index contributed by atoms with van der Waals surface area (Å²) in [5, 5.41) is 0. The van der Waals surface area contributed by atoms with E-state index in [2.05, 4.69) is 27.9 Å². The van der Waals surface area contributed by atoms with Crippen LogP contribution in [0.15, 0.2) is 42.5 Å². The number of benzene rings is 2. The fraction of sp³-hybridized carbons (Fsp3) is 0.263. The molecule has 2 heterocycles. The van der Waals surface area contributed by atoms with E-state index in [1.54, 1.807) is 0 Å². The standard InChI is InChI=1S/C19H19N3OS/c1-2-22-12-6-8-13-7-5-9-14(17(13)22)18(24-23)19-20-15-10-3-4-11-16(15)21-19/h3-5,7,9-11H,2,6,8,12H2,1H3,(H,20,21). The van der Waals surface area contributed by atoms with Gasteiger partial charge in [-0.05, 0) is 37.5 Å². The number of hydrogen-bond acceptors (Lipinski definition) is 3. The van der Waals surface area contributed by atoms with Gasteiger partial charge in [-0.25, -0.2) is 9.19 Å². The molecular formula is C19H19N3OS. The van der Waals surface area contributed by atoms with Gasteiger partial charge >= 0.3 is 0 Å². The van der Waals surface area contributed by atoms with Gasteiger partial charge in [0.15, 0.2) is 5.82 Å². The zero-order valence-corrected chi connectivity index (χ0v) is 14.4. The minimum absolute atomic E-state index is 0.523. The molecule has 5 heteroatoms. The molecule has 0 unspecified atom stereocenters. The Bertz CT molecular complexity index is 923. The number of nitrogens with zero attached hydrogens (tertiary/aromatic N) is 2. The molecule has 4 rings (SSSR count). The molecule has 1 aromatic heterocycles. The summed E-state index contributed by atoms with van der Waals surface area (Å²) in [6.07, 6.45) is 2.23. The summed E-state index contributed by atoms with van der Waals surface area (Å²) >= 11 is 0.523. The summed E-state index contributed by atoms with van der Waals surface area (Å²) in [6, 6.07) is 14.1. The fourth-order valence-electron chi connectivity index (χ4n) is 3.51. The van der Waals surface area contributed by atoms with Crippen LogP contribution in [-0.2, 0) is 17.7 Å². The van der Waals surface area contributed by atoms with Crippen LogP contribution in [0.3, 0.4) is 0 Å². The summed E-state index contributed by atoms with van der Waals surface area (Å²) in [7, 11) is 0. The highest BCUT2D eigenvalue weighted by Gasteiger charge is 2.23. The lowest BCUT2D eigenvalue weighted by molar-refractivity contribution is 0.700. The third-order valence-corrected chi connectivity index (χ3v) is 5.20. The number of aryl methyl sites for hydroxylation is 1. The van der Waals surface area contributed by atoms with Crippen molar-refractivity contribution in [1.29, 1.82) is 0 Å². The Morgan fingerprint density at radius 3 is 2.92 bits per heavy atom. The number of anilines is 1. The first kappa shape index (κ1) is 15.1. The first-order valence-corrected chi connectivity index (χ1v) is 9.05. The Morgan fingerprint density at radius 1 is 1.25 bits per heavy atom. The highest BCUT2D eigenvalue weighted by Crippen LogP contribution is 2.32. The van der Waals surface area contributed by atoms with E-state index in [4.69, 9.17) is 0 Å². The Kier molecular flexibility index (Phi) is 3.94. The minimum atomic E-state index is 0.523. The lowest BCUT2D eigenvalue weighted by Gasteiger charge is -2.32. The van der Waals surface area contributed by atoms with Crippen molar-refractivity contribution in [2.75, 3.05) is 18.0 Å². The van der Waals surface area contributed by atoms with Gasteiger partial charge in [0.25, 0.3) is 0 Å². The van der Waals surface area contributed by atoms with E-state index in [0.29, 0.717) is 21.9 Å². The first-order valence-electron chi connectivity index (χ1n) is 8.31. The van der Waals surface area contributed by atoms with E-state index in [1.807, 2.05) is 36.4 Å². The van der Waals surface area contributed by atoms with E-state index in [9.17, 15) is 4.21 Å². The Morgan fingerprint density at radius 2 is 2.12 bits per heavy atom. The van der Waals surface area contributed by atoms with Gasteiger partial charge in [0.2, 0.25) is 0 Å². The molecule has 1 aliphatic heterocycles. The van der Waals surface area contributed by atoms with Gasteiger partial charge in [-0.1, -0.05) is 30.3 Å². The number of imidazole rings is 1. The molecule has 24 heavy (non-hydrogen) atoms. The van der Waals surface area contributed by atoms with Gasteiger partial charge in [-0.15, -0.1) is 0 Å². The number of aromatic amines is 1. The molecule has 122 valence electrons. The van der Waals surface area contributed by atoms with Gasteiger partial charge in [-0.2, -0.15) is 0 Å². The van der Waals surface area contributed by atoms with E-state index in [1.165, 1.54) is 11.3 Å². The van der Waals surface area contributed by atoms with Crippen LogP contribution < -0.4 is 4.90 Å². The number of rotatable bonds is 3. The molecule has 2 aromatic carbocycles. The maximum Gasteiger partial charge on any atom is 0.152 e. The monoisotopic (exact) mass is 337 g/mol. The molecule has 0 radical (unpaired) electrons. The summed E-state index contributed by atoms with van der Waals surface area (Å²) in [4.78, 5) is 11.0. The molecule has 1 aliphatic rings. The van der Waals surface area contributed by atoms with Crippen molar-refractivity contribution in [1.82, 2.24) is 9.97 Å². The number of nitrogens with one attached hydrogen (secondary N) is 1. The molecule has 0 bridgehead atoms. The van der Waals surface area contributed by atoms with E-state index in [-0.39, 0.29) is 0 Å². The largest absolute Gasteiger partial charge is 0.371 e. The number of fused-ring (bicyclic) bond motifs is 2. The molecule has 0 aliphatic carbocycles. The molecule has 1 N–H and O–H groups in total. The van der Waals surface area contributed by atoms with E-state index >= 15 is 0 Å². The van der Waals surface area contributed by atoms with Crippen molar-refractivity contribution in [2.45, 2.75) is 19.8 Å². The van der Waals surface area contributed by atoms with Gasteiger partial charge in [0, 0.05) is 24.3 Å². The third kappa shape index (κ3) is 2.45. The maximum atomic E-state index is 12.0. The molecule has 0 saturated carbocycles. The minimum Gasteiger partial charge on any atom is -0.371 e. The van der Waals surface area contributed by atoms with Crippen molar-refractivity contribution in [3.05, 3.63) is 59.4 Å². The highest BCUT2D eigenvalue weighted by molar-refractivity contribution is 7.67. The molecule has 0 fully saturated rings. The zero-order chi connectivity index (χ0) is 16.5. The first-order chi connectivity index (χ1) is 11.8. The second kappa shape index (κ2) is 6.24. The lowest BCUT2D eigenvalue weighted by Crippen LogP contribution is -2.31. The average Bonchev–Trinajstić information content (AvgIpc) is 3.05. The topological polar surface area (TPSA) is 49.0 Å². The van der Waals surface area contributed by atoms with Crippen LogP contribution >= 0.6 is 0 Å². The molecule has 3 aromatic rings. The van der Waals surface area contributed by atoms with Gasteiger partial charge in [0.05, 0.1) is 11.0 Å². The maximum absolute atomic E-state index is 12.0. The van der Waals surface area contributed by atoms with Crippen molar-refractivity contribution < 1.29 is 4.21 Å². The van der Waals surface area contributed by atoms with E-state index < -0.39 is 0 Å². The van der Waals surface area contributed by atoms with Crippen molar-refractivity contribution >= 4 is 32.8 Å². The lowest BCUT2D eigenvalue weighted by atomic mass is 9.96. The predicted octanol–water partition coefficient (Wildman–Crippen LogP) is 3.12. The van der Waals surface area contributed by atoms with Gasteiger partial charge < -0.3 is 9.88 Å². The highest BCUT2D eigenvalue weighted by atomic mass is 32.1. The second-order valence-corrected chi connectivity index (χ2v) is 6.59. The van der Waals surface area contributed by atoms with Crippen molar-refractivity contribution in [2.24, 2.45) is 0 Å². The Hall–Kier alpha value is -2.40. The summed E-state index contributed by atoms with van der Waals surface area (Å²) in [6.45, 7) is 4.15. The van der Waals surface area contributed by atoms with Crippen LogP contribution in [0.1, 0.15) is 30.3 Å². The molecule has 0 atom stereocenters. The van der Waals surface area contributed by atoms with Crippen LogP contribution in [0.25, 0.3) is 11.0 Å². The number of H-pyrrole nitrogens is 1. The van der Waals surface area contributed by atoms with E-state index in [0.717, 1.165) is 42.5 Å². The molecular weight excluding hydrogens is 318 g/mol. The second-order valence-electron chi connectivity index (χ2n) is 6.01. The van der Waals surface area contributed by atoms with Crippen LogP contribution in [0.4, 0.5) is 5.69 Å². The third-order valence-electron chi connectivity index (χ3n) is 4.62. The predicted molar refractivity (Wildman–Crippen MR) is 100 cm³/mol. The number of aromatic nitrogens is 2. The zero-order valence-electron chi connectivity index (χ0n) is 13.6. The molecule has 0 spiro atoms. The fourth-order valence-corrected chi connectivity index (χ4v) is 3.94. The number of para-hydroxylation sites is 3. The SMILES string of the molecule is CCN1CCCc2cccc(C(=S=O)c3nc4ccccc4[nH]3)c21. The van der Waals surface area contributed by atoms with Crippen LogP contribution in [0, 0.1) is 0 Å². The van der Waals surface area contributed by atoms with Crippen molar-refractivity contribution in [3.8, 4) is 0 Å². The summed E-state index contributed by atoms with van der Waals surface area (Å²) < 4.78 is 12.0. The number of hydrogen-bond donors (Lipinski definition) is 1. The van der Waals surface area contributed by atoms with Crippen LogP contribution in [0.2, 0.25) is 0 Å². The summed E-state index contributed by atoms with van der Waals surface area (Å²) in [5.41, 5.74) is 5.36.